The Bertz CT molecular complexity index is 400. The normalized spacial score (nSPS) is 22.6. The summed E-state index contributed by atoms with van der Waals surface area (Å²) in [5, 5.41) is 9.49. The lowest BCUT2D eigenvalue weighted by Crippen LogP contribution is -2.50. The standard InChI is InChI=1S/C14H22F3NO4/c1-22-9-3-6-13(12(20)21)5-2-8-18(10-13)11(19)4-7-14(15,16)17/h2-10H2,1H3,(H,20,21)/t13-/m0/s1. The molecule has 1 amide bonds. The van der Waals surface area contributed by atoms with E-state index in [9.17, 15) is 27.9 Å². The van der Waals surface area contributed by atoms with Gasteiger partial charge in [0.15, 0.2) is 0 Å². The molecule has 128 valence electrons. The number of alkyl halides is 3. The van der Waals surface area contributed by atoms with Crippen molar-refractivity contribution in [3.8, 4) is 0 Å². The third-order valence-corrected chi connectivity index (χ3v) is 4.01. The highest BCUT2D eigenvalue weighted by atomic mass is 19.4. The van der Waals surface area contributed by atoms with Gasteiger partial charge in [0.2, 0.25) is 5.91 Å². The third kappa shape index (κ3) is 5.47. The number of rotatable bonds is 7. The van der Waals surface area contributed by atoms with Gasteiger partial charge in [-0.25, -0.2) is 0 Å². The molecule has 1 rings (SSSR count). The van der Waals surface area contributed by atoms with Crippen LogP contribution in [0.25, 0.3) is 0 Å². The van der Waals surface area contributed by atoms with Crippen LogP contribution in [0.15, 0.2) is 0 Å². The van der Waals surface area contributed by atoms with Crippen molar-refractivity contribution in [3.05, 3.63) is 0 Å². The van der Waals surface area contributed by atoms with Gasteiger partial charge in [0.05, 0.1) is 11.8 Å². The Morgan fingerprint density at radius 2 is 2.05 bits per heavy atom. The zero-order valence-electron chi connectivity index (χ0n) is 12.6. The molecule has 1 aliphatic heterocycles. The first kappa shape index (κ1) is 18.7. The van der Waals surface area contributed by atoms with Crippen LogP contribution in [0.2, 0.25) is 0 Å². The van der Waals surface area contributed by atoms with E-state index < -0.39 is 36.3 Å². The zero-order valence-corrected chi connectivity index (χ0v) is 12.6. The Labute approximate surface area is 127 Å². The molecule has 0 saturated carbocycles. The Morgan fingerprint density at radius 3 is 2.59 bits per heavy atom. The molecule has 22 heavy (non-hydrogen) atoms. The number of nitrogens with zero attached hydrogens (tertiary/aromatic N) is 1. The lowest BCUT2D eigenvalue weighted by molar-refractivity contribution is -0.159. The van der Waals surface area contributed by atoms with Crippen LogP contribution >= 0.6 is 0 Å². The predicted molar refractivity (Wildman–Crippen MR) is 72.3 cm³/mol. The molecular weight excluding hydrogens is 303 g/mol. The molecule has 0 radical (unpaired) electrons. The van der Waals surface area contributed by atoms with Crippen LogP contribution in [-0.2, 0) is 14.3 Å². The van der Waals surface area contributed by atoms with Gasteiger partial charge in [0, 0.05) is 33.2 Å². The van der Waals surface area contributed by atoms with Gasteiger partial charge >= 0.3 is 12.1 Å². The summed E-state index contributed by atoms with van der Waals surface area (Å²) in [6.45, 7) is 0.704. The zero-order chi connectivity index (χ0) is 16.8. The first-order valence-electron chi connectivity index (χ1n) is 7.27. The molecule has 1 aliphatic rings. The van der Waals surface area contributed by atoms with Crippen LogP contribution in [-0.4, -0.2) is 54.9 Å². The first-order valence-corrected chi connectivity index (χ1v) is 7.27. The van der Waals surface area contributed by atoms with E-state index in [0.29, 0.717) is 38.8 Å². The van der Waals surface area contributed by atoms with E-state index in [1.807, 2.05) is 0 Å². The molecule has 1 heterocycles. The fourth-order valence-corrected chi connectivity index (χ4v) is 2.79. The van der Waals surface area contributed by atoms with Crippen LogP contribution in [0.5, 0.6) is 0 Å². The number of carboxylic acid groups (broad SMARTS) is 1. The number of methoxy groups -OCH3 is 1. The smallest absolute Gasteiger partial charge is 0.389 e. The highest BCUT2D eigenvalue weighted by Crippen LogP contribution is 2.35. The van der Waals surface area contributed by atoms with Crippen molar-refractivity contribution in [3.63, 3.8) is 0 Å². The predicted octanol–water partition coefficient (Wildman–Crippen LogP) is 2.45. The second-order valence-corrected chi connectivity index (χ2v) is 5.72. The summed E-state index contributed by atoms with van der Waals surface area (Å²) in [5.74, 6) is -1.63. The van der Waals surface area contributed by atoms with Crippen molar-refractivity contribution in [1.29, 1.82) is 0 Å². The molecule has 1 fully saturated rings. The van der Waals surface area contributed by atoms with Gasteiger partial charge in [0.25, 0.3) is 0 Å². The van der Waals surface area contributed by atoms with Gasteiger partial charge in [-0.3, -0.25) is 9.59 Å². The molecule has 0 aromatic heterocycles. The van der Waals surface area contributed by atoms with E-state index in [1.54, 1.807) is 0 Å². The molecule has 0 unspecified atom stereocenters. The summed E-state index contributed by atoms with van der Waals surface area (Å²) in [6, 6.07) is 0. The van der Waals surface area contributed by atoms with Crippen molar-refractivity contribution < 1.29 is 32.6 Å². The second kappa shape index (κ2) is 7.80. The van der Waals surface area contributed by atoms with Gasteiger partial charge in [0.1, 0.15) is 0 Å². The topological polar surface area (TPSA) is 66.8 Å². The number of carbonyl (C=O) groups excluding carboxylic acids is 1. The van der Waals surface area contributed by atoms with Crippen LogP contribution in [0.3, 0.4) is 0 Å². The maximum absolute atomic E-state index is 12.2. The van der Waals surface area contributed by atoms with E-state index in [1.165, 1.54) is 12.0 Å². The van der Waals surface area contributed by atoms with E-state index in [-0.39, 0.29) is 6.54 Å². The summed E-state index contributed by atoms with van der Waals surface area (Å²) in [5.41, 5.74) is -1.08. The van der Waals surface area contributed by atoms with E-state index >= 15 is 0 Å². The number of halogens is 3. The van der Waals surface area contributed by atoms with Crippen LogP contribution < -0.4 is 0 Å². The van der Waals surface area contributed by atoms with E-state index in [2.05, 4.69) is 0 Å². The van der Waals surface area contributed by atoms with Crippen molar-refractivity contribution in [1.82, 2.24) is 4.90 Å². The molecule has 0 aromatic rings. The number of piperidine rings is 1. The van der Waals surface area contributed by atoms with E-state index in [4.69, 9.17) is 4.74 Å². The molecule has 0 spiro atoms. The average Bonchev–Trinajstić information content (AvgIpc) is 2.44. The first-order chi connectivity index (χ1) is 10.2. The lowest BCUT2D eigenvalue weighted by Gasteiger charge is -2.40. The van der Waals surface area contributed by atoms with Gasteiger partial charge in [-0.15, -0.1) is 0 Å². The van der Waals surface area contributed by atoms with Gasteiger partial charge < -0.3 is 14.7 Å². The third-order valence-electron chi connectivity index (χ3n) is 4.01. The number of likely N-dealkylation sites (tertiary alicyclic amines) is 1. The summed E-state index contributed by atoms with van der Waals surface area (Å²) < 4.78 is 41.5. The Morgan fingerprint density at radius 1 is 1.36 bits per heavy atom. The van der Waals surface area contributed by atoms with Crippen molar-refractivity contribution >= 4 is 11.9 Å². The molecule has 1 N–H and O–H groups in total. The summed E-state index contributed by atoms with van der Waals surface area (Å²) >= 11 is 0. The molecule has 8 heteroatoms. The van der Waals surface area contributed by atoms with Crippen molar-refractivity contribution in [2.24, 2.45) is 5.41 Å². The van der Waals surface area contributed by atoms with Gasteiger partial charge in [-0.2, -0.15) is 13.2 Å². The quantitative estimate of drug-likeness (QED) is 0.730. The number of amides is 1. The monoisotopic (exact) mass is 325 g/mol. The number of carboxylic acids is 1. The molecule has 5 nitrogen and oxygen atoms in total. The fraction of sp³-hybridized carbons (Fsp3) is 0.857. The van der Waals surface area contributed by atoms with E-state index in [0.717, 1.165) is 0 Å². The van der Waals surface area contributed by atoms with Gasteiger partial charge in [-0.05, 0) is 25.7 Å². The molecular formula is C14H22F3NO4. The molecule has 0 bridgehead atoms. The van der Waals surface area contributed by atoms with Crippen molar-refractivity contribution in [2.75, 3.05) is 26.8 Å². The second-order valence-electron chi connectivity index (χ2n) is 5.72. The summed E-state index contributed by atoms with van der Waals surface area (Å²) in [4.78, 5) is 24.8. The highest BCUT2D eigenvalue weighted by molar-refractivity contribution is 5.79. The van der Waals surface area contributed by atoms with Gasteiger partial charge in [-0.1, -0.05) is 0 Å². The summed E-state index contributed by atoms with van der Waals surface area (Å²) in [7, 11) is 1.52. The number of carbonyl (C=O) groups is 2. The Balaban J connectivity index is 2.67. The minimum absolute atomic E-state index is 0.0251. The Kier molecular flexibility index (Phi) is 6.65. The SMILES string of the molecule is COCCC[C@@]1(C(=O)O)CCCN(C(=O)CCC(F)(F)F)C1. The number of ether oxygens (including phenoxy) is 1. The maximum atomic E-state index is 12.2. The van der Waals surface area contributed by atoms with Crippen LogP contribution in [0.1, 0.15) is 38.5 Å². The van der Waals surface area contributed by atoms with Crippen LogP contribution in [0, 0.1) is 5.41 Å². The summed E-state index contributed by atoms with van der Waals surface area (Å²) in [6.07, 6.45) is -4.39. The number of hydrogen-bond donors (Lipinski definition) is 1. The minimum atomic E-state index is -4.38. The maximum Gasteiger partial charge on any atom is 0.389 e. The Hall–Kier alpha value is -1.31. The number of aliphatic carboxylic acids is 1. The molecule has 0 aromatic carbocycles. The average molecular weight is 325 g/mol. The minimum Gasteiger partial charge on any atom is -0.481 e. The highest BCUT2D eigenvalue weighted by Gasteiger charge is 2.43. The molecule has 0 aliphatic carbocycles. The molecule has 1 atom stereocenters. The lowest BCUT2D eigenvalue weighted by atomic mass is 9.76. The fourth-order valence-electron chi connectivity index (χ4n) is 2.79. The number of hydrogen-bond acceptors (Lipinski definition) is 3. The van der Waals surface area contributed by atoms with Crippen LogP contribution in [0.4, 0.5) is 13.2 Å². The van der Waals surface area contributed by atoms with Crippen molar-refractivity contribution in [2.45, 2.75) is 44.7 Å². The largest absolute Gasteiger partial charge is 0.481 e. The molecule has 1 saturated heterocycles.